The molecule has 8 heteroatoms. The summed E-state index contributed by atoms with van der Waals surface area (Å²) in [6.07, 6.45) is 4.21. The molecule has 2 N–H and O–H groups in total. The number of rotatable bonds is 2. The maximum Gasteiger partial charge on any atom is 0.325 e. The molecular formula is C12H9N5O3. The fourth-order valence-corrected chi connectivity index (χ4v) is 1.93. The summed E-state index contributed by atoms with van der Waals surface area (Å²) in [4.78, 5) is 46.4. The lowest BCUT2D eigenvalue weighted by Crippen LogP contribution is -2.26. The molecule has 2 aliphatic heterocycles. The number of H-pyrrole nitrogens is 2. The van der Waals surface area contributed by atoms with Crippen molar-refractivity contribution >= 4 is 0 Å². The van der Waals surface area contributed by atoms with Gasteiger partial charge in [0, 0.05) is 12.4 Å². The van der Waals surface area contributed by atoms with Gasteiger partial charge in [-0.15, -0.1) is 0 Å². The summed E-state index contributed by atoms with van der Waals surface area (Å²) in [6, 6.07) is 3.29. The molecular weight excluding hydrogens is 262 g/mol. The summed E-state index contributed by atoms with van der Waals surface area (Å²) < 4.78 is 1.64. The van der Waals surface area contributed by atoms with E-state index in [1.807, 2.05) is 0 Å². The number of nitrogens with one attached hydrogen (secondary N) is 2. The molecule has 0 saturated carbocycles. The second-order valence-corrected chi connectivity index (χ2v) is 4.15. The summed E-state index contributed by atoms with van der Waals surface area (Å²) in [6.45, 7) is 0.180. The van der Waals surface area contributed by atoms with Crippen LogP contribution in [0.5, 0.6) is 0 Å². The smallest absolute Gasteiger partial charge is 0.325 e. The molecule has 0 aromatic carbocycles. The van der Waals surface area contributed by atoms with Gasteiger partial charge in [-0.3, -0.25) is 14.6 Å². The zero-order valence-electron chi connectivity index (χ0n) is 10.2. The minimum Gasteiger partial charge on any atom is -0.328 e. The van der Waals surface area contributed by atoms with Gasteiger partial charge in [-0.25, -0.2) is 9.78 Å². The number of fused-ring (bicyclic) bond motifs is 1. The molecule has 20 heavy (non-hydrogen) atoms. The standard InChI is InChI=1S/C12H9N5O3/c18-10-7(4-13-12(20)16-10)5-17-3-1-2-8-9(17)14-6-15-11(8)19/h1-4,6H,5H2,(H2,13,16,18,20). The molecule has 0 saturated heterocycles. The molecule has 3 heterocycles. The van der Waals surface area contributed by atoms with Crippen molar-refractivity contribution in [2.24, 2.45) is 0 Å². The van der Waals surface area contributed by atoms with Crippen molar-refractivity contribution in [3.8, 4) is 11.4 Å². The third kappa shape index (κ3) is 2.03. The van der Waals surface area contributed by atoms with Gasteiger partial charge in [0.15, 0.2) is 0 Å². The molecule has 100 valence electrons. The van der Waals surface area contributed by atoms with Crippen molar-refractivity contribution in [3.05, 3.63) is 67.6 Å². The van der Waals surface area contributed by atoms with E-state index < -0.39 is 11.2 Å². The van der Waals surface area contributed by atoms with Crippen LogP contribution in [-0.2, 0) is 6.54 Å². The predicted octanol–water partition coefficient (Wildman–Crippen LogP) is -0.832. The quantitative estimate of drug-likeness (QED) is 0.631. The van der Waals surface area contributed by atoms with Crippen molar-refractivity contribution in [2.45, 2.75) is 6.54 Å². The lowest BCUT2D eigenvalue weighted by Gasteiger charge is -2.12. The summed E-state index contributed by atoms with van der Waals surface area (Å²) in [5.74, 6) is 0.429. The van der Waals surface area contributed by atoms with Crippen molar-refractivity contribution in [1.29, 1.82) is 0 Å². The highest BCUT2D eigenvalue weighted by molar-refractivity contribution is 5.54. The summed E-state index contributed by atoms with van der Waals surface area (Å²) in [5, 5.41) is 0. The van der Waals surface area contributed by atoms with Gasteiger partial charge in [0.05, 0.1) is 17.7 Å². The molecule has 0 atom stereocenters. The Labute approximate surface area is 111 Å². The van der Waals surface area contributed by atoms with Gasteiger partial charge < -0.3 is 9.55 Å². The largest absolute Gasteiger partial charge is 0.328 e. The number of hydrogen-bond donors (Lipinski definition) is 2. The average Bonchev–Trinajstić information content (AvgIpc) is 2.43. The molecule has 0 unspecified atom stereocenters. The van der Waals surface area contributed by atoms with Crippen LogP contribution in [0.3, 0.4) is 0 Å². The van der Waals surface area contributed by atoms with Gasteiger partial charge >= 0.3 is 5.69 Å². The molecule has 1 aromatic heterocycles. The first-order valence-electron chi connectivity index (χ1n) is 5.76. The minimum atomic E-state index is -0.564. The van der Waals surface area contributed by atoms with E-state index in [0.29, 0.717) is 17.0 Å². The van der Waals surface area contributed by atoms with Crippen LogP contribution < -0.4 is 16.8 Å². The maximum absolute atomic E-state index is 11.7. The van der Waals surface area contributed by atoms with Crippen LogP contribution in [-0.4, -0.2) is 24.5 Å². The normalized spacial score (nSPS) is 10.8. The van der Waals surface area contributed by atoms with E-state index in [4.69, 9.17) is 0 Å². The van der Waals surface area contributed by atoms with Crippen molar-refractivity contribution in [1.82, 2.24) is 24.5 Å². The van der Waals surface area contributed by atoms with Gasteiger partial charge in [0.1, 0.15) is 12.2 Å². The monoisotopic (exact) mass is 271 g/mol. The Morgan fingerprint density at radius 2 is 2.05 bits per heavy atom. The Bertz CT molecular complexity index is 908. The highest BCUT2D eigenvalue weighted by Gasteiger charge is 2.12. The first kappa shape index (κ1) is 12.0. The molecule has 0 bridgehead atoms. The highest BCUT2D eigenvalue weighted by Crippen LogP contribution is 2.13. The van der Waals surface area contributed by atoms with E-state index in [9.17, 15) is 14.4 Å². The molecule has 0 aliphatic carbocycles. The molecule has 0 fully saturated rings. The first-order chi connectivity index (χ1) is 9.65. The zero-order valence-corrected chi connectivity index (χ0v) is 10.2. The van der Waals surface area contributed by atoms with Gasteiger partial charge in [-0.1, -0.05) is 0 Å². The van der Waals surface area contributed by atoms with Gasteiger partial charge in [0.25, 0.3) is 11.1 Å². The van der Waals surface area contributed by atoms with E-state index >= 15 is 0 Å². The van der Waals surface area contributed by atoms with E-state index in [2.05, 4.69) is 19.9 Å². The number of pyridine rings is 1. The van der Waals surface area contributed by atoms with E-state index in [1.54, 1.807) is 22.9 Å². The van der Waals surface area contributed by atoms with E-state index in [0.717, 1.165) is 0 Å². The van der Waals surface area contributed by atoms with Crippen LogP contribution in [0.15, 0.2) is 45.2 Å². The fourth-order valence-electron chi connectivity index (χ4n) is 1.93. The number of hydrogen-bond acceptors (Lipinski definition) is 5. The van der Waals surface area contributed by atoms with Crippen molar-refractivity contribution in [2.75, 3.05) is 0 Å². The Hall–Kier alpha value is -3.03. The second-order valence-electron chi connectivity index (χ2n) is 4.15. The fraction of sp³-hybridized carbons (Fsp3) is 0.0833. The van der Waals surface area contributed by atoms with Crippen LogP contribution in [0, 0.1) is 0 Å². The van der Waals surface area contributed by atoms with Crippen LogP contribution in [0.2, 0.25) is 0 Å². The molecule has 0 spiro atoms. The highest BCUT2D eigenvalue weighted by atomic mass is 16.2. The summed E-state index contributed by atoms with van der Waals surface area (Å²) in [5.41, 5.74) is -0.691. The van der Waals surface area contributed by atoms with E-state index in [1.165, 1.54) is 12.5 Å². The summed E-state index contributed by atoms with van der Waals surface area (Å²) in [7, 11) is 0. The second kappa shape index (κ2) is 4.57. The third-order valence-corrected chi connectivity index (χ3v) is 2.86. The Morgan fingerprint density at radius 3 is 2.85 bits per heavy atom. The van der Waals surface area contributed by atoms with Crippen LogP contribution in [0.4, 0.5) is 0 Å². The zero-order chi connectivity index (χ0) is 14.1. The molecule has 3 rings (SSSR count). The summed E-state index contributed by atoms with van der Waals surface area (Å²) >= 11 is 0. The van der Waals surface area contributed by atoms with Crippen LogP contribution in [0.1, 0.15) is 5.56 Å². The Balaban J connectivity index is 2.11. The number of aromatic nitrogens is 5. The van der Waals surface area contributed by atoms with Gasteiger partial charge in [0.2, 0.25) is 0 Å². The van der Waals surface area contributed by atoms with Crippen molar-refractivity contribution < 1.29 is 0 Å². The Kier molecular flexibility index (Phi) is 2.75. The molecule has 1 aromatic rings. The molecule has 0 radical (unpaired) electrons. The SMILES string of the molecule is O=c1[nH]cc(Cn2cccc3c(=O)ncnc2-3)c(=O)[nH]1. The maximum atomic E-state index is 11.7. The topological polar surface area (TPSA) is 114 Å². The molecule has 0 amide bonds. The third-order valence-electron chi connectivity index (χ3n) is 2.86. The Morgan fingerprint density at radius 1 is 1.20 bits per heavy atom. The van der Waals surface area contributed by atoms with Gasteiger partial charge in [-0.05, 0) is 12.1 Å². The van der Waals surface area contributed by atoms with Crippen LogP contribution in [0.25, 0.3) is 11.4 Å². The van der Waals surface area contributed by atoms with Crippen LogP contribution >= 0.6 is 0 Å². The first-order valence-corrected chi connectivity index (χ1v) is 5.76. The van der Waals surface area contributed by atoms with Gasteiger partial charge in [-0.2, -0.15) is 4.98 Å². The molecule has 2 aliphatic rings. The predicted molar refractivity (Wildman–Crippen MR) is 69.7 cm³/mol. The minimum absolute atomic E-state index is 0.180. The average molecular weight is 271 g/mol. The molecule has 8 nitrogen and oxygen atoms in total. The van der Waals surface area contributed by atoms with Crippen molar-refractivity contribution in [3.63, 3.8) is 0 Å². The number of nitrogens with zero attached hydrogens (tertiary/aromatic N) is 3. The number of aromatic amines is 2. The van der Waals surface area contributed by atoms with E-state index in [-0.39, 0.29) is 12.1 Å². The lowest BCUT2D eigenvalue weighted by atomic mass is 10.2. The lowest BCUT2D eigenvalue weighted by molar-refractivity contribution is 0.756.